The normalized spacial score (nSPS) is 18.4. The molecule has 1 aliphatic heterocycles. The number of hydrogen-bond acceptors (Lipinski definition) is 4. The Kier molecular flexibility index (Phi) is 3.70. The van der Waals surface area contributed by atoms with Gasteiger partial charge in [0.05, 0.1) is 24.2 Å². The van der Waals surface area contributed by atoms with Gasteiger partial charge in [-0.15, -0.1) is 0 Å². The van der Waals surface area contributed by atoms with E-state index in [1.54, 1.807) is 0 Å². The van der Waals surface area contributed by atoms with Crippen LogP contribution in [0.15, 0.2) is 42.7 Å². The van der Waals surface area contributed by atoms with E-state index in [0.717, 1.165) is 43.1 Å². The van der Waals surface area contributed by atoms with E-state index < -0.39 is 0 Å². The maximum Gasteiger partial charge on any atom is 0.159 e. The predicted molar refractivity (Wildman–Crippen MR) is 74.9 cm³/mol. The Morgan fingerprint density at radius 3 is 2.63 bits per heavy atom. The molecule has 0 aliphatic carbocycles. The fourth-order valence-corrected chi connectivity index (χ4v) is 2.19. The summed E-state index contributed by atoms with van der Waals surface area (Å²) in [6.07, 6.45) is 6.27. The van der Waals surface area contributed by atoms with Gasteiger partial charge in [0.2, 0.25) is 0 Å². The zero-order valence-electron chi connectivity index (χ0n) is 10.7. The number of aromatic nitrogens is 2. The molecule has 98 valence electrons. The molecule has 0 amide bonds. The topological polar surface area (TPSA) is 47.0 Å². The first-order valence-corrected chi connectivity index (χ1v) is 6.65. The zero-order valence-corrected chi connectivity index (χ0v) is 10.7. The van der Waals surface area contributed by atoms with Gasteiger partial charge in [0.25, 0.3) is 0 Å². The number of nitrogens with zero attached hydrogens (tertiary/aromatic N) is 2. The van der Waals surface area contributed by atoms with Crippen molar-refractivity contribution in [3.8, 4) is 11.4 Å². The molecule has 1 atom stereocenters. The summed E-state index contributed by atoms with van der Waals surface area (Å²) in [5.74, 6) is 0.753. The number of anilines is 1. The molecule has 1 aliphatic rings. The second kappa shape index (κ2) is 5.80. The van der Waals surface area contributed by atoms with Crippen LogP contribution in [-0.4, -0.2) is 29.2 Å². The summed E-state index contributed by atoms with van der Waals surface area (Å²) in [5.41, 5.74) is 1.98. The van der Waals surface area contributed by atoms with Crippen molar-refractivity contribution in [3.05, 3.63) is 42.7 Å². The minimum atomic E-state index is 0.328. The van der Waals surface area contributed by atoms with Gasteiger partial charge in [0.1, 0.15) is 0 Å². The van der Waals surface area contributed by atoms with E-state index in [1.807, 2.05) is 42.7 Å². The van der Waals surface area contributed by atoms with E-state index in [4.69, 9.17) is 4.74 Å². The summed E-state index contributed by atoms with van der Waals surface area (Å²) in [7, 11) is 0. The quantitative estimate of drug-likeness (QED) is 0.912. The molecule has 4 nitrogen and oxygen atoms in total. The van der Waals surface area contributed by atoms with Crippen molar-refractivity contribution in [2.24, 2.45) is 0 Å². The molecule has 0 spiro atoms. The lowest BCUT2D eigenvalue weighted by Crippen LogP contribution is -2.18. The molecule has 1 N–H and O–H groups in total. The molecule has 4 heteroatoms. The number of ether oxygens (including phenoxy) is 1. The SMILES string of the molecule is c1ccc(-c2ncc(NCC3CCCO3)cn2)cc1. The van der Waals surface area contributed by atoms with Crippen LogP contribution in [0.2, 0.25) is 0 Å². The van der Waals surface area contributed by atoms with Crippen molar-refractivity contribution < 1.29 is 4.74 Å². The summed E-state index contributed by atoms with van der Waals surface area (Å²) < 4.78 is 5.56. The van der Waals surface area contributed by atoms with Crippen LogP contribution in [-0.2, 0) is 4.74 Å². The van der Waals surface area contributed by atoms with Gasteiger partial charge >= 0.3 is 0 Å². The number of hydrogen-bond donors (Lipinski definition) is 1. The van der Waals surface area contributed by atoms with Crippen LogP contribution < -0.4 is 5.32 Å². The molecule has 1 aromatic heterocycles. The molecule has 2 aromatic rings. The lowest BCUT2D eigenvalue weighted by molar-refractivity contribution is 0.120. The van der Waals surface area contributed by atoms with Crippen molar-refractivity contribution in [1.29, 1.82) is 0 Å². The van der Waals surface area contributed by atoms with Crippen molar-refractivity contribution in [2.45, 2.75) is 18.9 Å². The molecular weight excluding hydrogens is 238 g/mol. The monoisotopic (exact) mass is 255 g/mol. The maximum atomic E-state index is 5.56. The highest BCUT2D eigenvalue weighted by Gasteiger charge is 2.14. The molecule has 0 saturated carbocycles. The van der Waals surface area contributed by atoms with Gasteiger partial charge in [0.15, 0.2) is 5.82 Å². The zero-order chi connectivity index (χ0) is 12.9. The van der Waals surface area contributed by atoms with E-state index in [0.29, 0.717) is 6.10 Å². The summed E-state index contributed by atoms with van der Waals surface area (Å²) in [4.78, 5) is 8.76. The van der Waals surface area contributed by atoms with Gasteiger partial charge < -0.3 is 10.1 Å². The third-order valence-corrected chi connectivity index (χ3v) is 3.24. The summed E-state index contributed by atoms with van der Waals surface area (Å²) >= 11 is 0. The average molecular weight is 255 g/mol. The Morgan fingerprint density at radius 1 is 1.16 bits per heavy atom. The van der Waals surface area contributed by atoms with E-state index in [9.17, 15) is 0 Å². The Hall–Kier alpha value is -1.94. The number of benzene rings is 1. The summed E-state index contributed by atoms with van der Waals surface area (Å²) in [6.45, 7) is 1.71. The van der Waals surface area contributed by atoms with Gasteiger partial charge in [-0.3, -0.25) is 0 Å². The highest BCUT2D eigenvalue weighted by molar-refractivity contribution is 5.55. The molecule has 1 fully saturated rings. The van der Waals surface area contributed by atoms with Gasteiger partial charge in [-0.05, 0) is 12.8 Å². The largest absolute Gasteiger partial charge is 0.380 e. The predicted octanol–water partition coefficient (Wildman–Crippen LogP) is 2.73. The first-order valence-electron chi connectivity index (χ1n) is 6.65. The van der Waals surface area contributed by atoms with Crippen LogP contribution >= 0.6 is 0 Å². The molecule has 2 heterocycles. The maximum absolute atomic E-state index is 5.56. The van der Waals surface area contributed by atoms with Gasteiger partial charge in [0, 0.05) is 18.7 Å². The molecule has 19 heavy (non-hydrogen) atoms. The van der Waals surface area contributed by atoms with Crippen LogP contribution in [0, 0.1) is 0 Å². The Morgan fingerprint density at radius 2 is 1.95 bits per heavy atom. The van der Waals surface area contributed by atoms with Crippen molar-refractivity contribution in [1.82, 2.24) is 9.97 Å². The van der Waals surface area contributed by atoms with Gasteiger partial charge in [-0.25, -0.2) is 9.97 Å². The molecule has 0 radical (unpaired) electrons. The summed E-state index contributed by atoms with van der Waals surface area (Å²) in [6, 6.07) is 9.98. The van der Waals surface area contributed by atoms with Gasteiger partial charge in [-0.2, -0.15) is 0 Å². The van der Waals surface area contributed by atoms with Gasteiger partial charge in [-0.1, -0.05) is 30.3 Å². The van der Waals surface area contributed by atoms with Crippen LogP contribution in [0.25, 0.3) is 11.4 Å². The second-order valence-electron chi connectivity index (χ2n) is 4.68. The highest BCUT2D eigenvalue weighted by atomic mass is 16.5. The minimum absolute atomic E-state index is 0.328. The molecule has 0 bridgehead atoms. The van der Waals surface area contributed by atoms with Crippen molar-refractivity contribution in [2.75, 3.05) is 18.5 Å². The lowest BCUT2D eigenvalue weighted by Gasteiger charge is -2.11. The van der Waals surface area contributed by atoms with E-state index in [1.165, 1.54) is 0 Å². The second-order valence-corrected chi connectivity index (χ2v) is 4.68. The summed E-state index contributed by atoms with van der Waals surface area (Å²) in [5, 5.41) is 3.32. The molecular formula is C15H17N3O. The first-order chi connectivity index (χ1) is 9.42. The Labute approximate surface area is 112 Å². The molecule has 1 saturated heterocycles. The van der Waals surface area contributed by atoms with Crippen molar-refractivity contribution in [3.63, 3.8) is 0 Å². The fourth-order valence-electron chi connectivity index (χ4n) is 2.19. The third kappa shape index (κ3) is 3.09. The lowest BCUT2D eigenvalue weighted by atomic mass is 10.2. The standard InChI is InChI=1S/C15H17N3O/c1-2-5-12(6-3-1)15-17-9-13(10-18-15)16-11-14-7-4-8-19-14/h1-3,5-6,9-10,14,16H,4,7-8,11H2. The van der Waals surface area contributed by atoms with Crippen LogP contribution in [0.4, 0.5) is 5.69 Å². The fraction of sp³-hybridized carbons (Fsp3) is 0.333. The van der Waals surface area contributed by atoms with Crippen LogP contribution in [0.1, 0.15) is 12.8 Å². The van der Waals surface area contributed by atoms with E-state index in [2.05, 4.69) is 15.3 Å². The molecule has 1 aromatic carbocycles. The Bertz CT molecular complexity index is 507. The Balaban J connectivity index is 1.62. The van der Waals surface area contributed by atoms with E-state index >= 15 is 0 Å². The average Bonchev–Trinajstić information content (AvgIpc) is 3.00. The highest BCUT2D eigenvalue weighted by Crippen LogP contribution is 2.16. The number of rotatable bonds is 4. The van der Waals surface area contributed by atoms with Crippen LogP contribution in [0.5, 0.6) is 0 Å². The van der Waals surface area contributed by atoms with Crippen molar-refractivity contribution >= 4 is 5.69 Å². The number of nitrogens with one attached hydrogen (secondary N) is 1. The molecule has 3 rings (SSSR count). The first kappa shape index (κ1) is 12.1. The minimum Gasteiger partial charge on any atom is -0.380 e. The van der Waals surface area contributed by atoms with E-state index in [-0.39, 0.29) is 0 Å². The third-order valence-electron chi connectivity index (χ3n) is 3.24. The van der Waals surface area contributed by atoms with Crippen LogP contribution in [0.3, 0.4) is 0 Å². The smallest absolute Gasteiger partial charge is 0.159 e. The molecule has 1 unspecified atom stereocenters.